The number of halogens is 1. The number of nitrogens with one attached hydrogen (secondary N) is 1. The third kappa shape index (κ3) is 4.52. The third-order valence-corrected chi connectivity index (χ3v) is 1.75. The van der Waals surface area contributed by atoms with Gasteiger partial charge in [-0.05, 0) is 11.1 Å². The summed E-state index contributed by atoms with van der Waals surface area (Å²) >= 11 is 0. The molecule has 2 rings (SSSR count). The quantitative estimate of drug-likeness (QED) is 0.425. The Morgan fingerprint density at radius 1 is 1.07 bits per heavy atom. The first-order valence-electron chi connectivity index (χ1n) is 3.90. The maximum Gasteiger partial charge on any atom is 0.0211 e. The van der Waals surface area contributed by atoms with Gasteiger partial charge in [-0.25, -0.2) is 0 Å². The Kier molecular flexibility index (Phi) is 3.82. The summed E-state index contributed by atoms with van der Waals surface area (Å²) < 4.78 is 30.2. The van der Waals surface area contributed by atoms with E-state index in [2.05, 4.69) is 29.6 Å². The van der Waals surface area contributed by atoms with E-state index in [1.165, 1.54) is 11.1 Å². The molecule has 0 radical (unpaired) electrons. The van der Waals surface area contributed by atoms with Crippen molar-refractivity contribution in [2.24, 2.45) is 0 Å². The second-order valence-corrected chi connectivity index (χ2v) is 3.67. The van der Waals surface area contributed by atoms with Gasteiger partial charge >= 0.3 is 28.9 Å². The SMILES string of the molecule is [O-][Cl+](O)(O)O.c1ccc2c(c1)CNC2. The summed E-state index contributed by atoms with van der Waals surface area (Å²) in [7, 11) is -4.19. The standard InChI is InChI=1S/C8H9N.ClH3O4/c1-2-4-8-6-9-5-7(8)3-1;2-1(3,4)5/h1-4,9H,5-6H2;2-4H. The minimum atomic E-state index is -4.19. The topological polar surface area (TPSA) is 95.8 Å². The van der Waals surface area contributed by atoms with E-state index in [1.807, 2.05) is 0 Å². The predicted molar refractivity (Wildman–Crippen MR) is 43.6 cm³/mol. The maximum absolute atomic E-state index is 8.83. The zero-order valence-electron chi connectivity index (χ0n) is 7.35. The van der Waals surface area contributed by atoms with Crippen molar-refractivity contribution in [3.8, 4) is 0 Å². The second kappa shape index (κ2) is 4.70. The number of fused-ring (bicyclic) bond motifs is 1. The molecule has 0 aliphatic carbocycles. The normalized spacial score (nSPS) is 15.4. The molecule has 0 saturated carbocycles. The van der Waals surface area contributed by atoms with Crippen LogP contribution in [-0.4, -0.2) is 14.0 Å². The third-order valence-electron chi connectivity index (χ3n) is 1.75. The molecule has 5 nitrogen and oxygen atoms in total. The Bertz CT molecular complexity index is 271. The van der Waals surface area contributed by atoms with Gasteiger partial charge in [0.2, 0.25) is 0 Å². The molecule has 0 fully saturated rings. The molecule has 4 N–H and O–H groups in total. The Labute approximate surface area is 83.3 Å². The Balaban J connectivity index is 0.000000171. The molecule has 0 saturated heterocycles. The van der Waals surface area contributed by atoms with Crippen molar-refractivity contribution >= 4 is 0 Å². The van der Waals surface area contributed by atoms with Crippen molar-refractivity contribution in [1.29, 1.82) is 0 Å². The van der Waals surface area contributed by atoms with Crippen molar-refractivity contribution in [2.45, 2.75) is 13.1 Å². The van der Waals surface area contributed by atoms with Gasteiger partial charge in [-0.15, -0.1) is 0 Å². The fourth-order valence-electron chi connectivity index (χ4n) is 1.23. The number of hydrogen-bond donors (Lipinski definition) is 4. The van der Waals surface area contributed by atoms with Crippen LogP contribution >= 0.6 is 0 Å². The molecular weight excluding hydrogens is 210 g/mol. The van der Waals surface area contributed by atoms with Gasteiger partial charge in [-0.3, -0.25) is 0 Å². The minimum Gasteiger partial charge on any atom is -0.309 e. The van der Waals surface area contributed by atoms with E-state index < -0.39 is 10.2 Å². The van der Waals surface area contributed by atoms with Crippen molar-refractivity contribution in [1.82, 2.24) is 5.32 Å². The average Bonchev–Trinajstić information content (AvgIpc) is 2.47. The minimum absolute atomic E-state index is 1.05. The van der Waals surface area contributed by atoms with E-state index in [-0.39, 0.29) is 0 Å². The molecule has 0 unspecified atom stereocenters. The molecule has 1 aromatic rings. The van der Waals surface area contributed by atoms with Crippen LogP contribution in [0.5, 0.6) is 0 Å². The van der Waals surface area contributed by atoms with E-state index >= 15 is 0 Å². The van der Waals surface area contributed by atoms with Crippen LogP contribution in [0.4, 0.5) is 0 Å². The molecule has 1 aromatic carbocycles. The van der Waals surface area contributed by atoms with Gasteiger partial charge in [-0.2, -0.15) is 0 Å². The fraction of sp³-hybridized carbons (Fsp3) is 0.250. The van der Waals surface area contributed by atoms with E-state index in [4.69, 9.17) is 18.6 Å². The van der Waals surface area contributed by atoms with Gasteiger partial charge in [0.05, 0.1) is 0 Å². The molecule has 1 aliphatic rings. The van der Waals surface area contributed by atoms with Gasteiger partial charge < -0.3 is 5.32 Å². The molecule has 6 heteroatoms. The van der Waals surface area contributed by atoms with E-state index in [1.54, 1.807) is 0 Å². The van der Waals surface area contributed by atoms with E-state index in [0.717, 1.165) is 13.1 Å². The van der Waals surface area contributed by atoms with Gasteiger partial charge in [0.25, 0.3) is 0 Å². The molecule has 0 atom stereocenters. The van der Waals surface area contributed by atoms with E-state index in [0.29, 0.717) is 0 Å². The van der Waals surface area contributed by atoms with Crippen LogP contribution in [-0.2, 0) is 13.1 Å². The second-order valence-electron chi connectivity index (χ2n) is 2.81. The van der Waals surface area contributed by atoms with Gasteiger partial charge in [0, 0.05) is 13.1 Å². The summed E-state index contributed by atoms with van der Waals surface area (Å²) in [5, 5.41) is 3.29. The molecule has 1 heterocycles. The molecule has 1 aliphatic heterocycles. The number of hydrogen-bond acceptors (Lipinski definition) is 5. The molecule has 0 bridgehead atoms. The largest absolute Gasteiger partial charge is 0.309 e. The molecule has 14 heavy (non-hydrogen) atoms. The van der Waals surface area contributed by atoms with Crippen molar-refractivity contribution < 1.29 is 28.9 Å². The Morgan fingerprint density at radius 3 is 1.79 bits per heavy atom. The van der Waals surface area contributed by atoms with Crippen LogP contribution in [0.2, 0.25) is 0 Å². The summed E-state index contributed by atoms with van der Waals surface area (Å²) in [5.41, 5.74) is 2.91. The van der Waals surface area contributed by atoms with Crippen LogP contribution in [0.1, 0.15) is 11.1 Å². The van der Waals surface area contributed by atoms with Crippen LogP contribution in [0.3, 0.4) is 0 Å². The first-order chi connectivity index (χ1) is 6.47. The van der Waals surface area contributed by atoms with Crippen LogP contribution in [0, 0.1) is 10.2 Å². The molecular formula is C8H12ClNO4. The van der Waals surface area contributed by atoms with Crippen LogP contribution < -0.4 is 9.98 Å². The predicted octanol–water partition coefficient (Wildman–Crippen LogP) is -1.57. The van der Waals surface area contributed by atoms with Crippen LogP contribution in [0.15, 0.2) is 24.3 Å². The van der Waals surface area contributed by atoms with Gasteiger partial charge in [-0.1, -0.05) is 24.3 Å². The van der Waals surface area contributed by atoms with Crippen molar-refractivity contribution in [3.05, 3.63) is 35.4 Å². The van der Waals surface area contributed by atoms with Gasteiger partial charge in [0.15, 0.2) is 0 Å². The number of benzene rings is 1. The molecule has 80 valence electrons. The summed E-state index contributed by atoms with van der Waals surface area (Å²) in [6.45, 7) is 2.10. The summed E-state index contributed by atoms with van der Waals surface area (Å²) in [4.78, 5) is 0. The zero-order valence-corrected chi connectivity index (χ0v) is 8.11. The molecule has 0 amide bonds. The molecule has 0 aromatic heterocycles. The Hall–Kier alpha value is -0.690. The first kappa shape index (κ1) is 11.4. The summed E-state index contributed by atoms with van der Waals surface area (Å²) in [5.74, 6) is 0. The van der Waals surface area contributed by atoms with E-state index in [9.17, 15) is 0 Å². The summed E-state index contributed by atoms with van der Waals surface area (Å²) in [6, 6.07) is 8.53. The maximum atomic E-state index is 8.83. The fourth-order valence-corrected chi connectivity index (χ4v) is 1.23. The smallest absolute Gasteiger partial charge is 0.0211 e. The number of rotatable bonds is 0. The first-order valence-corrected chi connectivity index (χ1v) is 5.23. The van der Waals surface area contributed by atoms with Crippen molar-refractivity contribution in [2.75, 3.05) is 0 Å². The van der Waals surface area contributed by atoms with Gasteiger partial charge in [0.1, 0.15) is 0 Å². The average molecular weight is 222 g/mol. The summed E-state index contributed by atoms with van der Waals surface area (Å²) in [6.07, 6.45) is 0. The van der Waals surface area contributed by atoms with Crippen LogP contribution in [0.25, 0.3) is 0 Å². The Morgan fingerprint density at radius 2 is 1.43 bits per heavy atom. The van der Waals surface area contributed by atoms with Crippen molar-refractivity contribution in [3.63, 3.8) is 0 Å². The monoisotopic (exact) mass is 221 g/mol. The molecule has 0 spiro atoms. The zero-order chi connectivity index (χ0) is 10.6.